The summed E-state index contributed by atoms with van der Waals surface area (Å²) in [5.74, 6) is 2.69. The van der Waals surface area contributed by atoms with Crippen molar-refractivity contribution in [3.05, 3.63) is 35.1 Å². The van der Waals surface area contributed by atoms with E-state index in [-0.39, 0.29) is 9.92 Å². The number of nitrogens with one attached hydrogen (secondary N) is 1. The molecule has 2 aromatic rings. The van der Waals surface area contributed by atoms with E-state index in [0.717, 1.165) is 18.2 Å². The predicted octanol–water partition coefficient (Wildman–Crippen LogP) is 2.39. The molecule has 1 fully saturated rings. The highest BCUT2D eigenvalue weighted by Gasteiger charge is 2.29. The number of sulfonamides is 1. The Kier molecular flexibility index (Phi) is 6.26. The summed E-state index contributed by atoms with van der Waals surface area (Å²) in [6.45, 7) is 6.45. The third-order valence-corrected chi connectivity index (χ3v) is 6.70. The van der Waals surface area contributed by atoms with Crippen LogP contribution < -0.4 is 15.0 Å². The molecule has 0 amide bonds. The summed E-state index contributed by atoms with van der Waals surface area (Å²) in [5.41, 5.74) is 0. The van der Waals surface area contributed by atoms with Gasteiger partial charge < -0.3 is 15.0 Å². The summed E-state index contributed by atoms with van der Waals surface area (Å²) in [4.78, 5) is 11.1. The van der Waals surface area contributed by atoms with Crippen molar-refractivity contribution in [1.82, 2.24) is 14.3 Å². The van der Waals surface area contributed by atoms with Crippen LogP contribution in [-0.4, -0.2) is 62.5 Å². The van der Waals surface area contributed by atoms with Crippen LogP contribution in [0.15, 0.2) is 29.2 Å². The Morgan fingerprint density at radius 1 is 1.18 bits per heavy atom. The molecule has 0 saturated carbocycles. The average Bonchev–Trinajstić information content (AvgIpc) is 2.68. The first-order chi connectivity index (χ1) is 13.3. The molecule has 10 heteroatoms. The summed E-state index contributed by atoms with van der Waals surface area (Å²) in [6.07, 6.45) is 0. The number of piperazine rings is 1. The Hall–Kier alpha value is -2.10. The fourth-order valence-electron chi connectivity index (χ4n) is 3.10. The van der Waals surface area contributed by atoms with Gasteiger partial charge >= 0.3 is 0 Å². The summed E-state index contributed by atoms with van der Waals surface area (Å²) in [7, 11) is -2.13. The predicted molar refractivity (Wildman–Crippen MR) is 110 cm³/mol. The molecule has 1 N–H and O–H groups in total. The van der Waals surface area contributed by atoms with E-state index in [1.165, 1.54) is 23.5 Å². The standard InChI is InChI=1S/C18H24ClN5O3S/c1-4-20-17-12-18(22-13(2)21-17)23-7-9-24(10-8-23)28(25,26)14-5-6-16(27-3)15(19)11-14/h5-6,11-12H,4,7-10H2,1-3H3,(H,20,21,22). The van der Waals surface area contributed by atoms with Gasteiger partial charge in [-0.2, -0.15) is 4.31 Å². The largest absolute Gasteiger partial charge is 0.495 e. The average molecular weight is 426 g/mol. The minimum Gasteiger partial charge on any atom is -0.495 e. The van der Waals surface area contributed by atoms with Crippen LogP contribution in [0.3, 0.4) is 0 Å². The number of anilines is 2. The Morgan fingerprint density at radius 2 is 1.89 bits per heavy atom. The molecule has 8 nitrogen and oxygen atoms in total. The maximum absolute atomic E-state index is 12.9. The molecular weight excluding hydrogens is 402 g/mol. The van der Waals surface area contributed by atoms with Crippen LogP contribution in [0, 0.1) is 6.92 Å². The van der Waals surface area contributed by atoms with Crippen LogP contribution in [0.4, 0.5) is 11.6 Å². The molecule has 152 valence electrons. The second-order valence-corrected chi connectivity index (χ2v) is 8.72. The monoisotopic (exact) mass is 425 g/mol. The lowest BCUT2D eigenvalue weighted by Gasteiger charge is -2.34. The van der Waals surface area contributed by atoms with Crippen LogP contribution in [0.2, 0.25) is 5.02 Å². The molecule has 0 spiro atoms. The molecule has 2 heterocycles. The second kappa shape index (κ2) is 8.50. The summed E-state index contributed by atoms with van der Waals surface area (Å²) in [5, 5.41) is 3.46. The van der Waals surface area contributed by atoms with Crippen molar-refractivity contribution >= 4 is 33.3 Å². The third-order valence-electron chi connectivity index (χ3n) is 4.51. The van der Waals surface area contributed by atoms with E-state index in [2.05, 4.69) is 20.2 Å². The Bertz CT molecular complexity index is 946. The number of aryl methyl sites for hydroxylation is 1. The number of aromatic nitrogens is 2. The summed E-state index contributed by atoms with van der Waals surface area (Å²) in [6, 6.07) is 6.41. The number of rotatable bonds is 6. The molecule has 0 aliphatic carbocycles. The normalized spacial score (nSPS) is 15.5. The lowest BCUT2D eigenvalue weighted by atomic mass is 10.3. The van der Waals surface area contributed by atoms with Gasteiger partial charge in [0.05, 0.1) is 17.0 Å². The van der Waals surface area contributed by atoms with Gasteiger partial charge in [-0.3, -0.25) is 0 Å². The SMILES string of the molecule is CCNc1cc(N2CCN(S(=O)(=O)c3ccc(OC)c(Cl)c3)CC2)nc(C)n1. The van der Waals surface area contributed by atoms with Crippen LogP contribution in [0.1, 0.15) is 12.7 Å². The van der Waals surface area contributed by atoms with Crippen molar-refractivity contribution in [2.75, 3.05) is 50.1 Å². The molecule has 1 saturated heterocycles. The van der Waals surface area contributed by atoms with Crippen molar-refractivity contribution in [2.45, 2.75) is 18.7 Å². The van der Waals surface area contributed by atoms with Gasteiger partial charge in [-0.05, 0) is 32.0 Å². The van der Waals surface area contributed by atoms with Gasteiger partial charge in [0.2, 0.25) is 10.0 Å². The van der Waals surface area contributed by atoms with E-state index in [4.69, 9.17) is 16.3 Å². The highest BCUT2D eigenvalue weighted by atomic mass is 35.5. The first-order valence-corrected chi connectivity index (χ1v) is 10.8. The zero-order chi connectivity index (χ0) is 20.3. The van der Waals surface area contributed by atoms with Gasteiger partial charge in [0.25, 0.3) is 0 Å². The van der Waals surface area contributed by atoms with Gasteiger partial charge in [-0.25, -0.2) is 18.4 Å². The van der Waals surface area contributed by atoms with Gasteiger partial charge in [0.15, 0.2) is 0 Å². The second-order valence-electron chi connectivity index (χ2n) is 6.38. The maximum atomic E-state index is 12.9. The third kappa shape index (κ3) is 4.31. The number of hydrogen-bond donors (Lipinski definition) is 1. The number of methoxy groups -OCH3 is 1. The summed E-state index contributed by atoms with van der Waals surface area (Å²) >= 11 is 6.10. The van der Waals surface area contributed by atoms with E-state index in [1.807, 2.05) is 19.9 Å². The van der Waals surface area contributed by atoms with Crippen LogP contribution >= 0.6 is 11.6 Å². The molecule has 1 aliphatic rings. The van der Waals surface area contributed by atoms with E-state index >= 15 is 0 Å². The molecule has 28 heavy (non-hydrogen) atoms. The molecule has 0 unspecified atom stereocenters. The zero-order valence-corrected chi connectivity index (χ0v) is 17.7. The van der Waals surface area contributed by atoms with Crippen molar-refractivity contribution < 1.29 is 13.2 Å². The van der Waals surface area contributed by atoms with Crippen LogP contribution in [-0.2, 0) is 10.0 Å². The number of nitrogens with zero attached hydrogens (tertiary/aromatic N) is 4. The Morgan fingerprint density at radius 3 is 2.50 bits per heavy atom. The molecule has 0 atom stereocenters. The number of benzene rings is 1. The van der Waals surface area contributed by atoms with E-state index in [9.17, 15) is 8.42 Å². The van der Waals surface area contributed by atoms with Crippen LogP contribution in [0.5, 0.6) is 5.75 Å². The van der Waals surface area contributed by atoms with E-state index < -0.39 is 10.0 Å². The number of ether oxygens (including phenoxy) is 1. The van der Waals surface area contributed by atoms with Crippen molar-refractivity contribution in [3.8, 4) is 5.75 Å². The quantitative estimate of drug-likeness (QED) is 0.760. The topological polar surface area (TPSA) is 87.7 Å². The Balaban J connectivity index is 1.73. The fourth-order valence-corrected chi connectivity index (χ4v) is 4.87. The van der Waals surface area contributed by atoms with Gasteiger partial charge in [-0.15, -0.1) is 0 Å². The smallest absolute Gasteiger partial charge is 0.243 e. The summed E-state index contributed by atoms with van der Waals surface area (Å²) < 4.78 is 32.5. The fraction of sp³-hybridized carbons (Fsp3) is 0.444. The molecule has 0 bridgehead atoms. The first-order valence-electron chi connectivity index (χ1n) is 9.03. The van der Waals surface area contributed by atoms with E-state index in [1.54, 1.807) is 6.07 Å². The van der Waals surface area contributed by atoms with Crippen molar-refractivity contribution in [3.63, 3.8) is 0 Å². The van der Waals surface area contributed by atoms with Gasteiger partial charge in [0.1, 0.15) is 23.2 Å². The Labute approximate surface area is 170 Å². The van der Waals surface area contributed by atoms with Gasteiger partial charge in [0, 0.05) is 38.8 Å². The van der Waals surface area contributed by atoms with E-state index in [0.29, 0.717) is 37.8 Å². The molecule has 1 aliphatic heterocycles. The molecule has 1 aromatic carbocycles. The lowest BCUT2D eigenvalue weighted by molar-refractivity contribution is 0.383. The number of hydrogen-bond acceptors (Lipinski definition) is 7. The lowest BCUT2D eigenvalue weighted by Crippen LogP contribution is -2.49. The minimum atomic E-state index is -3.62. The molecule has 0 radical (unpaired) electrons. The highest BCUT2D eigenvalue weighted by Crippen LogP contribution is 2.29. The molecule has 3 rings (SSSR count). The minimum absolute atomic E-state index is 0.166. The highest BCUT2D eigenvalue weighted by molar-refractivity contribution is 7.89. The zero-order valence-electron chi connectivity index (χ0n) is 16.1. The number of halogens is 1. The van der Waals surface area contributed by atoms with Crippen molar-refractivity contribution in [2.24, 2.45) is 0 Å². The maximum Gasteiger partial charge on any atom is 0.243 e. The first kappa shape index (κ1) is 20.6. The van der Waals surface area contributed by atoms with Crippen LogP contribution in [0.25, 0.3) is 0 Å². The molecular formula is C18H24ClN5O3S. The molecule has 1 aromatic heterocycles. The van der Waals surface area contributed by atoms with Crippen molar-refractivity contribution in [1.29, 1.82) is 0 Å². The van der Waals surface area contributed by atoms with Gasteiger partial charge in [-0.1, -0.05) is 11.6 Å².